The Kier molecular flexibility index (Phi) is 3.10. The SMILES string of the molecule is CN1CC[C@@H]2CN(c3ncccc3[N+](=O)[O-])C[C@@H]2C1. The van der Waals surface area contributed by atoms with Crippen molar-refractivity contribution in [3.05, 3.63) is 28.4 Å². The van der Waals surface area contributed by atoms with Crippen molar-refractivity contribution in [1.29, 1.82) is 0 Å². The van der Waals surface area contributed by atoms with E-state index < -0.39 is 0 Å². The van der Waals surface area contributed by atoms with Crippen LogP contribution < -0.4 is 4.90 Å². The average molecular weight is 262 g/mol. The Bertz CT molecular complexity index is 493. The standard InChI is InChI=1S/C13H18N4O2/c1-15-6-4-10-8-16(9-11(10)7-15)13-12(17(18)19)3-2-5-14-13/h2-3,5,10-11H,4,6-9H2,1H3/t10-,11+/m1/s1. The summed E-state index contributed by atoms with van der Waals surface area (Å²) < 4.78 is 0. The molecule has 2 saturated heterocycles. The van der Waals surface area contributed by atoms with Gasteiger partial charge in [0.15, 0.2) is 0 Å². The van der Waals surface area contributed by atoms with E-state index in [9.17, 15) is 10.1 Å². The van der Waals surface area contributed by atoms with E-state index in [2.05, 4.69) is 21.8 Å². The lowest BCUT2D eigenvalue weighted by Gasteiger charge is -2.31. The zero-order valence-corrected chi connectivity index (χ0v) is 11.0. The summed E-state index contributed by atoms with van der Waals surface area (Å²) in [6.45, 7) is 3.99. The Morgan fingerprint density at radius 2 is 2.16 bits per heavy atom. The second-order valence-electron chi connectivity index (χ2n) is 5.58. The van der Waals surface area contributed by atoms with Gasteiger partial charge in [0.1, 0.15) is 0 Å². The fourth-order valence-electron chi connectivity index (χ4n) is 3.30. The maximum atomic E-state index is 11.1. The molecule has 0 bridgehead atoms. The highest BCUT2D eigenvalue weighted by molar-refractivity contribution is 5.58. The van der Waals surface area contributed by atoms with Gasteiger partial charge < -0.3 is 9.80 Å². The van der Waals surface area contributed by atoms with Crippen molar-refractivity contribution < 1.29 is 4.92 Å². The molecule has 0 amide bonds. The van der Waals surface area contributed by atoms with Crippen LogP contribution in [0.15, 0.2) is 18.3 Å². The molecule has 6 heteroatoms. The lowest BCUT2D eigenvalue weighted by atomic mass is 9.89. The maximum Gasteiger partial charge on any atom is 0.311 e. The summed E-state index contributed by atoms with van der Waals surface area (Å²) in [6.07, 6.45) is 2.81. The fraction of sp³-hybridized carbons (Fsp3) is 0.615. The number of nitro groups is 1. The third kappa shape index (κ3) is 2.28. The minimum atomic E-state index is -0.337. The summed E-state index contributed by atoms with van der Waals surface area (Å²) in [5.74, 6) is 1.79. The van der Waals surface area contributed by atoms with Crippen LogP contribution >= 0.6 is 0 Å². The molecule has 0 unspecified atom stereocenters. The molecule has 19 heavy (non-hydrogen) atoms. The predicted molar refractivity (Wildman–Crippen MR) is 72.2 cm³/mol. The minimum absolute atomic E-state index is 0.120. The van der Waals surface area contributed by atoms with E-state index in [0.29, 0.717) is 17.7 Å². The highest BCUT2D eigenvalue weighted by Crippen LogP contribution is 2.35. The second-order valence-corrected chi connectivity index (χ2v) is 5.58. The van der Waals surface area contributed by atoms with Crippen LogP contribution in [0.3, 0.4) is 0 Å². The van der Waals surface area contributed by atoms with Gasteiger partial charge in [0.2, 0.25) is 5.82 Å². The van der Waals surface area contributed by atoms with Gasteiger partial charge in [0.25, 0.3) is 0 Å². The van der Waals surface area contributed by atoms with Crippen molar-refractivity contribution in [3.8, 4) is 0 Å². The molecule has 0 N–H and O–H groups in total. The summed E-state index contributed by atoms with van der Waals surface area (Å²) in [7, 11) is 2.14. The first-order valence-electron chi connectivity index (χ1n) is 6.68. The summed E-state index contributed by atoms with van der Waals surface area (Å²) in [5, 5.41) is 11.1. The molecular formula is C13H18N4O2. The normalized spacial score (nSPS) is 27.3. The summed E-state index contributed by atoms with van der Waals surface area (Å²) in [6, 6.07) is 3.16. The van der Waals surface area contributed by atoms with Crippen LogP contribution in [0.5, 0.6) is 0 Å². The molecule has 1 aromatic rings. The Labute approximate surface area is 112 Å². The number of nitrogens with zero attached hydrogens (tertiary/aromatic N) is 4. The molecular weight excluding hydrogens is 244 g/mol. The number of piperidine rings is 1. The summed E-state index contributed by atoms with van der Waals surface area (Å²) in [4.78, 5) is 19.4. The van der Waals surface area contributed by atoms with Crippen LogP contribution in [-0.4, -0.2) is 48.0 Å². The first-order valence-corrected chi connectivity index (χ1v) is 6.68. The smallest absolute Gasteiger partial charge is 0.311 e. The van der Waals surface area contributed by atoms with Crippen molar-refractivity contribution in [2.45, 2.75) is 6.42 Å². The van der Waals surface area contributed by atoms with Crippen molar-refractivity contribution in [2.75, 3.05) is 38.1 Å². The lowest BCUT2D eigenvalue weighted by Crippen LogP contribution is -2.37. The third-order valence-electron chi connectivity index (χ3n) is 4.27. The average Bonchev–Trinajstić information content (AvgIpc) is 2.81. The minimum Gasteiger partial charge on any atom is -0.350 e. The molecule has 1 aromatic heterocycles. The van der Waals surface area contributed by atoms with Crippen LogP contribution in [0.2, 0.25) is 0 Å². The Morgan fingerprint density at radius 3 is 2.95 bits per heavy atom. The molecule has 3 heterocycles. The van der Waals surface area contributed by atoms with E-state index in [1.54, 1.807) is 12.3 Å². The molecule has 2 aliphatic heterocycles. The van der Waals surface area contributed by atoms with Crippen molar-refractivity contribution >= 4 is 11.5 Å². The van der Waals surface area contributed by atoms with Crippen LogP contribution in [-0.2, 0) is 0 Å². The van der Waals surface area contributed by atoms with E-state index in [0.717, 1.165) is 26.2 Å². The molecule has 0 aromatic carbocycles. The first kappa shape index (κ1) is 12.3. The lowest BCUT2D eigenvalue weighted by molar-refractivity contribution is -0.384. The van der Waals surface area contributed by atoms with E-state index in [1.165, 1.54) is 12.5 Å². The van der Waals surface area contributed by atoms with Gasteiger partial charge in [0.05, 0.1) is 4.92 Å². The van der Waals surface area contributed by atoms with Gasteiger partial charge in [-0.25, -0.2) is 4.98 Å². The molecule has 0 radical (unpaired) electrons. The molecule has 2 aliphatic rings. The van der Waals surface area contributed by atoms with Crippen LogP contribution in [0.1, 0.15) is 6.42 Å². The number of hydrogen-bond acceptors (Lipinski definition) is 5. The zero-order chi connectivity index (χ0) is 13.4. The van der Waals surface area contributed by atoms with E-state index in [4.69, 9.17) is 0 Å². The molecule has 6 nitrogen and oxygen atoms in total. The van der Waals surface area contributed by atoms with Gasteiger partial charge in [-0.05, 0) is 37.9 Å². The van der Waals surface area contributed by atoms with Crippen molar-refractivity contribution in [2.24, 2.45) is 11.8 Å². The highest BCUT2D eigenvalue weighted by Gasteiger charge is 2.38. The molecule has 2 atom stereocenters. The van der Waals surface area contributed by atoms with Gasteiger partial charge in [-0.15, -0.1) is 0 Å². The number of hydrogen-bond donors (Lipinski definition) is 0. The van der Waals surface area contributed by atoms with Crippen LogP contribution in [0.4, 0.5) is 11.5 Å². The predicted octanol–water partition coefficient (Wildman–Crippen LogP) is 1.38. The largest absolute Gasteiger partial charge is 0.350 e. The Hall–Kier alpha value is -1.69. The number of pyridine rings is 1. The zero-order valence-electron chi connectivity index (χ0n) is 11.0. The second kappa shape index (κ2) is 4.77. The quantitative estimate of drug-likeness (QED) is 0.595. The third-order valence-corrected chi connectivity index (χ3v) is 4.27. The fourth-order valence-corrected chi connectivity index (χ4v) is 3.30. The highest BCUT2D eigenvalue weighted by atomic mass is 16.6. The summed E-state index contributed by atoms with van der Waals surface area (Å²) in [5.41, 5.74) is 0.120. The number of likely N-dealkylation sites (tertiary alicyclic amines) is 1. The molecule has 3 rings (SSSR count). The molecule has 0 aliphatic carbocycles. The van der Waals surface area contributed by atoms with Gasteiger partial charge in [-0.2, -0.15) is 0 Å². The Morgan fingerprint density at radius 1 is 1.37 bits per heavy atom. The van der Waals surface area contributed by atoms with E-state index in [1.807, 2.05) is 0 Å². The van der Waals surface area contributed by atoms with Crippen molar-refractivity contribution in [3.63, 3.8) is 0 Å². The maximum absolute atomic E-state index is 11.1. The molecule has 0 saturated carbocycles. The van der Waals surface area contributed by atoms with Gasteiger partial charge >= 0.3 is 5.69 Å². The summed E-state index contributed by atoms with van der Waals surface area (Å²) >= 11 is 0. The number of anilines is 1. The van der Waals surface area contributed by atoms with Gasteiger partial charge in [0, 0.05) is 31.9 Å². The number of fused-ring (bicyclic) bond motifs is 1. The topological polar surface area (TPSA) is 62.5 Å². The van der Waals surface area contributed by atoms with E-state index in [-0.39, 0.29) is 10.6 Å². The molecule has 102 valence electrons. The molecule has 0 spiro atoms. The van der Waals surface area contributed by atoms with Crippen molar-refractivity contribution in [1.82, 2.24) is 9.88 Å². The molecule has 2 fully saturated rings. The van der Waals surface area contributed by atoms with E-state index >= 15 is 0 Å². The number of rotatable bonds is 2. The van der Waals surface area contributed by atoms with Gasteiger partial charge in [-0.1, -0.05) is 0 Å². The Balaban J connectivity index is 1.83. The number of aromatic nitrogens is 1. The van der Waals surface area contributed by atoms with Crippen LogP contribution in [0.25, 0.3) is 0 Å². The van der Waals surface area contributed by atoms with Crippen LogP contribution in [0, 0.1) is 22.0 Å². The monoisotopic (exact) mass is 262 g/mol. The van der Waals surface area contributed by atoms with Gasteiger partial charge in [-0.3, -0.25) is 10.1 Å². The first-order chi connectivity index (χ1) is 9.15.